The van der Waals surface area contributed by atoms with Crippen molar-refractivity contribution in [2.24, 2.45) is 0 Å². The Labute approximate surface area is 123 Å². The number of benzene rings is 1. The SMILES string of the molecule is Cc1cc(Br)ccc1C(=O)N1CCN(C(C)C)CC1. The second kappa shape index (κ2) is 6.06. The number of piperazine rings is 1. The third kappa shape index (κ3) is 3.37. The Balaban J connectivity index is 2.05. The van der Waals surface area contributed by atoms with Crippen LogP contribution in [0, 0.1) is 6.92 Å². The minimum absolute atomic E-state index is 0.161. The van der Waals surface area contributed by atoms with Crippen molar-refractivity contribution in [2.75, 3.05) is 26.2 Å². The van der Waals surface area contributed by atoms with Gasteiger partial charge in [0.15, 0.2) is 0 Å². The highest BCUT2D eigenvalue weighted by molar-refractivity contribution is 9.10. The number of amides is 1. The van der Waals surface area contributed by atoms with Crippen LogP contribution in [-0.4, -0.2) is 47.9 Å². The first kappa shape index (κ1) is 14.5. The molecule has 0 radical (unpaired) electrons. The van der Waals surface area contributed by atoms with Crippen LogP contribution in [0.15, 0.2) is 22.7 Å². The molecule has 1 aromatic rings. The average Bonchev–Trinajstić information content (AvgIpc) is 2.38. The van der Waals surface area contributed by atoms with Crippen LogP contribution in [0.3, 0.4) is 0 Å². The molecule has 3 nitrogen and oxygen atoms in total. The highest BCUT2D eigenvalue weighted by atomic mass is 79.9. The summed E-state index contributed by atoms with van der Waals surface area (Å²) in [4.78, 5) is 16.9. The summed E-state index contributed by atoms with van der Waals surface area (Å²) in [5.74, 6) is 0.161. The molecule has 1 saturated heterocycles. The summed E-state index contributed by atoms with van der Waals surface area (Å²) in [6.45, 7) is 9.99. The van der Waals surface area contributed by atoms with E-state index in [1.165, 1.54) is 0 Å². The molecule has 4 heteroatoms. The molecule has 1 amide bonds. The predicted octanol–water partition coefficient (Wildman–Crippen LogP) is 2.92. The first-order valence-electron chi connectivity index (χ1n) is 6.78. The second-order valence-corrected chi connectivity index (χ2v) is 6.30. The van der Waals surface area contributed by atoms with E-state index in [1.807, 2.05) is 30.0 Å². The molecule has 1 aliphatic rings. The van der Waals surface area contributed by atoms with Gasteiger partial charge in [-0.2, -0.15) is 0 Å². The number of nitrogens with zero attached hydrogens (tertiary/aromatic N) is 2. The summed E-state index contributed by atoms with van der Waals surface area (Å²) < 4.78 is 1.02. The Morgan fingerprint density at radius 2 is 1.84 bits per heavy atom. The minimum Gasteiger partial charge on any atom is -0.336 e. The van der Waals surface area contributed by atoms with Gasteiger partial charge in [-0.25, -0.2) is 0 Å². The molecule has 2 rings (SSSR count). The second-order valence-electron chi connectivity index (χ2n) is 5.38. The summed E-state index contributed by atoms with van der Waals surface area (Å²) >= 11 is 3.43. The van der Waals surface area contributed by atoms with Gasteiger partial charge in [-0.05, 0) is 44.5 Å². The smallest absolute Gasteiger partial charge is 0.254 e. The molecule has 1 fully saturated rings. The van der Waals surface area contributed by atoms with Crippen molar-refractivity contribution in [3.05, 3.63) is 33.8 Å². The zero-order valence-electron chi connectivity index (χ0n) is 11.8. The van der Waals surface area contributed by atoms with Gasteiger partial charge in [-0.3, -0.25) is 9.69 Å². The maximum absolute atomic E-state index is 12.5. The number of carbonyl (C=O) groups excluding carboxylic acids is 1. The van der Waals surface area contributed by atoms with Crippen LogP contribution in [0.1, 0.15) is 29.8 Å². The highest BCUT2D eigenvalue weighted by Crippen LogP contribution is 2.18. The lowest BCUT2D eigenvalue weighted by atomic mass is 10.1. The maximum Gasteiger partial charge on any atom is 0.254 e. The average molecular weight is 325 g/mol. The predicted molar refractivity (Wildman–Crippen MR) is 81.5 cm³/mol. The third-order valence-corrected chi connectivity index (χ3v) is 4.24. The van der Waals surface area contributed by atoms with Crippen LogP contribution < -0.4 is 0 Å². The molecule has 0 saturated carbocycles. The summed E-state index contributed by atoms with van der Waals surface area (Å²) in [6.07, 6.45) is 0. The van der Waals surface area contributed by atoms with Crippen LogP contribution >= 0.6 is 15.9 Å². The molecular weight excluding hydrogens is 304 g/mol. The van der Waals surface area contributed by atoms with Crippen molar-refractivity contribution in [3.8, 4) is 0 Å². The van der Waals surface area contributed by atoms with Gasteiger partial charge >= 0.3 is 0 Å². The zero-order chi connectivity index (χ0) is 14.0. The van der Waals surface area contributed by atoms with E-state index in [-0.39, 0.29) is 5.91 Å². The van der Waals surface area contributed by atoms with Crippen LogP contribution in [-0.2, 0) is 0 Å². The minimum atomic E-state index is 0.161. The highest BCUT2D eigenvalue weighted by Gasteiger charge is 2.23. The zero-order valence-corrected chi connectivity index (χ0v) is 13.4. The maximum atomic E-state index is 12.5. The van der Waals surface area contributed by atoms with Crippen LogP contribution in [0.5, 0.6) is 0 Å². The van der Waals surface area contributed by atoms with E-state index in [9.17, 15) is 4.79 Å². The van der Waals surface area contributed by atoms with E-state index in [0.29, 0.717) is 6.04 Å². The van der Waals surface area contributed by atoms with Crippen molar-refractivity contribution in [1.82, 2.24) is 9.80 Å². The molecule has 0 spiro atoms. The van der Waals surface area contributed by atoms with Gasteiger partial charge in [0.25, 0.3) is 5.91 Å². The molecular formula is C15H21BrN2O. The topological polar surface area (TPSA) is 23.6 Å². The normalized spacial score (nSPS) is 17.0. The molecule has 1 heterocycles. The summed E-state index contributed by atoms with van der Waals surface area (Å²) in [6, 6.07) is 6.41. The van der Waals surface area contributed by atoms with E-state index in [4.69, 9.17) is 0 Å². The molecule has 104 valence electrons. The van der Waals surface area contributed by atoms with Gasteiger partial charge in [-0.15, -0.1) is 0 Å². The first-order chi connectivity index (χ1) is 8.99. The van der Waals surface area contributed by atoms with E-state index >= 15 is 0 Å². The standard InChI is InChI=1S/C15H21BrN2O/c1-11(2)17-6-8-18(9-7-17)15(19)14-5-4-13(16)10-12(14)3/h4-5,10-11H,6-9H2,1-3H3. The molecule has 0 bridgehead atoms. The lowest BCUT2D eigenvalue weighted by molar-refractivity contribution is 0.0595. The van der Waals surface area contributed by atoms with E-state index in [1.54, 1.807) is 0 Å². The molecule has 0 aliphatic carbocycles. The number of aryl methyl sites for hydroxylation is 1. The molecule has 0 atom stereocenters. The van der Waals surface area contributed by atoms with Crippen molar-refractivity contribution in [2.45, 2.75) is 26.8 Å². The first-order valence-corrected chi connectivity index (χ1v) is 7.58. The lowest BCUT2D eigenvalue weighted by Crippen LogP contribution is -2.50. The van der Waals surface area contributed by atoms with Gasteiger partial charge in [0.1, 0.15) is 0 Å². The van der Waals surface area contributed by atoms with Crippen LogP contribution in [0.2, 0.25) is 0 Å². The van der Waals surface area contributed by atoms with Gasteiger partial charge in [-0.1, -0.05) is 15.9 Å². The molecule has 19 heavy (non-hydrogen) atoms. The Morgan fingerprint density at radius 1 is 1.21 bits per heavy atom. The molecule has 0 N–H and O–H groups in total. The Morgan fingerprint density at radius 3 is 2.37 bits per heavy atom. The fourth-order valence-corrected chi connectivity index (χ4v) is 2.95. The number of carbonyl (C=O) groups is 1. The summed E-state index contributed by atoms with van der Waals surface area (Å²) in [5, 5.41) is 0. The van der Waals surface area contributed by atoms with Crippen LogP contribution in [0.4, 0.5) is 0 Å². The molecule has 0 aromatic heterocycles. The number of halogens is 1. The van der Waals surface area contributed by atoms with Gasteiger partial charge < -0.3 is 4.90 Å². The molecule has 1 aliphatic heterocycles. The monoisotopic (exact) mass is 324 g/mol. The van der Waals surface area contributed by atoms with Crippen molar-refractivity contribution < 1.29 is 4.79 Å². The number of hydrogen-bond donors (Lipinski definition) is 0. The summed E-state index contributed by atoms with van der Waals surface area (Å²) in [5.41, 5.74) is 1.85. The van der Waals surface area contributed by atoms with E-state index in [2.05, 4.69) is 34.7 Å². The molecule has 1 aromatic carbocycles. The fraction of sp³-hybridized carbons (Fsp3) is 0.533. The Bertz CT molecular complexity index is 465. The van der Waals surface area contributed by atoms with Crippen molar-refractivity contribution in [3.63, 3.8) is 0 Å². The fourth-order valence-electron chi connectivity index (χ4n) is 2.48. The lowest BCUT2D eigenvalue weighted by Gasteiger charge is -2.37. The molecule has 0 unspecified atom stereocenters. The van der Waals surface area contributed by atoms with Gasteiger partial charge in [0.2, 0.25) is 0 Å². The Hall–Kier alpha value is -0.870. The third-order valence-electron chi connectivity index (χ3n) is 3.75. The van der Waals surface area contributed by atoms with Crippen LogP contribution in [0.25, 0.3) is 0 Å². The van der Waals surface area contributed by atoms with Crippen molar-refractivity contribution >= 4 is 21.8 Å². The van der Waals surface area contributed by atoms with Gasteiger partial charge in [0, 0.05) is 42.3 Å². The Kier molecular flexibility index (Phi) is 4.63. The number of rotatable bonds is 2. The summed E-state index contributed by atoms with van der Waals surface area (Å²) in [7, 11) is 0. The largest absolute Gasteiger partial charge is 0.336 e. The van der Waals surface area contributed by atoms with E-state index in [0.717, 1.165) is 41.8 Å². The quantitative estimate of drug-likeness (QED) is 0.835. The van der Waals surface area contributed by atoms with Crippen molar-refractivity contribution in [1.29, 1.82) is 0 Å². The van der Waals surface area contributed by atoms with Gasteiger partial charge in [0.05, 0.1) is 0 Å². The number of hydrogen-bond acceptors (Lipinski definition) is 2. The van der Waals surface area contributed by atoms with E-state index < -0.39 is 0 Å².